The molecule has 3 rings (SSSR count). The van der Waals surface area contributed by atoms with Gasteiger partial charge in [-0.25, -0.2) is 9.48 Å². The third kappa shape index (κ3) is 6.59. The summed E-state index contributed by atoms with van der Waals surface area (Å²) in [6.07, 6.45) is -0.0852. The summed E-state index contributed by atoms with van der Waals surface area (Å²) in [5.74, 6) is -1.90. The zero-order valence-corrected chi connectivity index (χ0v) is 19.0. The summed E-state index contributed by atoms with van der Waals surface area (Å²) < 4.78 is 17.0. The van der Waals surface area contributed by atoms with E-state index in [4.69, 9.17) is 19.3 Å². The highest BCUT2D eigenvalue weighted by Gasteiger charge is 2.30. The average molecular weight is 476 g/mol. The summed E-state index contributed by atoms with van der Waals surface area (Å²) in [6, 6.07) is 4.45. The topological polar surface area (TPSA) is 158 Å². The molecule has 1 aliphatic heterocycles. The first-order valence-electron chi connectivity index (χ1n) is 10.9. The number of carboxylic acids is 1. The van der Waals surface area contributed by atoms with Gasteiger partial charge in [-0.05, 0) is 38.5 Å². The van der Waals surface area contributed by atoms with Gasteiger partial charge in [0.25, 0.3) is 11.5 Å². The molecule has 1 aliphatic rings. The minimum Gasteiger partial charge on any atom is -0.480 e. The lowest BCUT2D eigenvalue weighted by molar-refractivity contribution is -0.149. The Morgan fingerprint density at radius 3 is 2.74 bits per heavy atom. The number of hydrogen-bond acceptors (Lipinski definition) is 9. The second-order valence-corrected chi connectivity index (χ2v) is 7.74. The molecule has 0 aliphatic carbocycles. The average Bonchev–Trinajstić information content (AvgIpc) is 2.79. The van der Waals surface area contributed by atoms with Gasteiger partial charge in [-0.1, -0.05) is 0 Å². The zero-order valence-electron chi connectivity index (χ0n) is 19.0. The first kappa shape index (κ1) is 25.3. The van der Waals surface area contributed by atoms with Crippen LogP contribution in [-0.4, -0.2) is 71.9 Å². The van der Waals surface area contributed by atoms with Crippen LogP contribution in [0.1, 0.15) is 31.5 Å². The quantitative estimate of drug-likeness (QED) is 0.225. The van der Waals surface area contributed by atoms with Crippen LogP contribution in [0.4, 0.5) is 5.69 Å². The normalized spacial score (nSPS) is 16.9. The molecule has 1 aromatic carbocycles. The van der Waals surface area contributed by atoms with E-state index in [1.54, 1.807) is 26.0 Å². The van der Waals surface area contributed by atoms with Crippen LogP contribution < -0.4 is 16.2 Å². The van der Waals surface area contributed by atoms with Crippen molar-refractivity contribution in [2.75, 3.05) is 38.3 Å². The van der Waals surface area contributed by atoms with E-state index in [2.05, 4.69) is 15.7 Å². The molecule has 2 aromatic rings. The lowest BCUT2D eigenvalue weighted by atomic mass is 10.1. The molecule has 12 heteroatoms. The summed E-state index contributed by atoms with van der Waals surface area (Å²) in [6.45, 7) is 4.33. The fourth-order valence-electron chi connectivity index (χ4n) is 3.55. The molecule has 0 radical (unpaired) electrons. The van der Waals surface area contributed by atoms with Gasteiger partial charge in [-0.2, -0.15) is 5.10 Å². The number of aromatic nitrogens is 2. The van der Waals surface area contributed by atoms with E-state index in [9.17, 15) is 19.2 Å². The maximum absolute atomic E-state index is 13.0. The van der Waals surface area contributed by atoms with Crippen molar-refractivity contribution in [3.05, 3.63) is 34.2 Å². The van der Waals surface area contributed by atoms with Crippen molar-refractivity contribution in [2.24, 2.45) is 0 Å². The second kappa shape index (κ2) is 11.7. The molecule has 1 fully saturated rings. The molecule has 0 saturated carbocycles. The number of nitrogens with zero attached hydrogens (tertiary/aromatic N) is 2. The molecule has 1 saturated heterocycles. The van der Waals surface area contributed by atoms with Crippen LogP contribution in [0.2, 0.25) is 0 Å². The number of nitrogens with one attached hydrogen (secondary N) is 2. The van der Waals surface area contributed by atoms with E-state index < -0.39 is 24.2 Å². The minimum absolute atomic E-state index is 0.161. The monoisotopic (exact) mass is 476 g/mol. The molecule has 2 atom stereocenters. The number of anilines is 1. The van der Waals surface area contributed by atoms with Crippen LogP contribution in [0, 0.1) is 6.92 Å². The highest BCUT2D eigenvalue weighted by atomic mass is 16.7. The van der Waals surface area contributed by atoms with Gasteiger partial charge in [0.15, 0.2) is 6.29 Å². The number of carbonyl (C=O) groups is 3. The van der Waals surface area contributed by atoms with E-state index in [-0.39, 0.29) is 44.1 Å². The zero-order chi connectivity index (χ0) is 24.7. The SMILES string of the molecule is Cc1nn(C2CCC(=O)NC2=O)c(=O)c2ccc(NCCOC(C)OCCOCC(=O)O)cc12. The number of rotatable bonds is 12. The third-order valence-corrected chi connectivity index (χ3v) is 5.20. The third-order valence-electron chi connectivity index (χ3n) is 5.20. The Bertz CT molecular complexity index is 1120. The van der Waals surface area contributed by atoms with Crippen LogP contribution in [0.15, 0.2) is 23.0 Å². The first-order valence-corrected chi connectivity index (χ1v) is 10.9. The lowest BCUT2D eigenvalue weighted by Gasteiger charge is -2.22. The largest absolute Gasteiger partial charge is 0.480 e. The van der Waals surface area contributed by atoms with Crippen molar-refractivity contribution in [2.45, 2.75) is 39.0 Å². The Labute approximate surface area is 195 Å². The summed E-state index contributed by atoms with van der Waals surface area (Å²) in [7, 11) is 0. The Balaban J connectivity index is 1.54. The van der Waals surface area contributed by atoms with Gasteiger partial charge >= 0.3 is 5.97 Å². The van der Waals surface area contributed by atoms with Gasteiger partial charge in [0.1, 0.15) is 12.6 Å². The maximum Gasteiger partial charge on any atom is 0.329 e. The van der Waals surface area contributed by atoms with Crippen LogP contribution in [-0.2, 0) is 28.6 Å². The van der Waals surface area contributed by atoms with Crippen molar-refractivity contribution < 1.29 is 33.7 Å². The summed E-state index contributed by atoms with van der Waals surface area (Å²) in [5.41, 5.74) is 0.976. The van der Waals surface area contributed by atoms with Crippen LogP contribution in [0.25, 0.3) is 10.8 Å². The highest BCUT2D eigenvalue weighted by Crippen LogP contribution is 2.22. The minimum atomic E-state index is -1.03. The Morgan fingerprint density at radius 1 is 1.24 bits per heavy atom. The Morgan fingerprint density at radius 2 is 2.00 bits per heavy atom. The fourth-order valence-corrected chi connectivity index (χ4v) is 3.55. The van der Waals surface area contributed by atoms with E-state index in [1.807, 2.05) is 6.07 Å². The fraction of sp³-hybridized carbons (Fsp3) is 0.500. The molecule has 12 nitrogen and oxygen atoms in total. The van der Waals surface area contributed by atoms with E-state index in [0.717, 1.165) is 10.4 Å². The summed E-state index contributed by atoms with van der Waals surface area (Å²) >= 11 is 0. The Kier molecular flexibility index (Phi) is 8.68. The standard InChI is InChI=1S/C22H28N4O8/c1-13-17-11-15(23-7-8-33-14(2)34-10-9-32-12-20(28)29)3-4-16(17)22(31)26(25-13)18-5-6-19(27)24-21(18)30/h3-4,11,14,18,23H,5-10,12H2,1-2H3,(H,28,29)(H,24,27,30). The number of aliphatic carboxylic acids is 1. The smallest absolute Gasteiger partial charge is 0.329 e. The van der Waals surface area contributed by atoms with Gasteiger partial charge in [-0.3, -0.25) is 19.7 Å². The molecular weight excluding hydrogens is 448 g/mol. The molecule has 2 unspecified atom stereocenters. The molecule has 0 bridgehead atoms. The van der Waals surface area contributed by atoms with E-state index in [0.29, 0.717) is 29.6 Å². The van der Waals surface area contributed by atoms with Crippen LogP contribution in [0.3, 0.4) is 0 Å². The second-order valence-electron chi connectivity index (χ2n) is 7.74. The van der Waals surface area contributed by atoms with Gasteiger partial charge in [0, 0.05) is 24.0 Å². The summed E-state index contributed by atoms with van der Waals surface area (Å²) in [4.78, 5) is 46.9. The van der Waals surface area contributed by atoms with E-state index in [1.165, 1.54) is 0 Å². The predicted octanol–water partition coefficient (Wildman–Crippen LogP) is 0.575. The number of amides is 2. The number of benzene rings is 1. The van der Waals surface area contributed by atoms with Crippen molar-refractivity contribution in [1.29, 1.82) is 0 Å². The molecule has 34 heavy (non-hydrogen) atoms. The van der Waals surface area contributed by atoms with Crippen molar-refractivity contribution in [3.8, 4) is 0 Å². The predicted molar refractivity (Wildman–Crippen MR) is 120 cm³/mol. The number of carbonyl (C=O) groups excluding carboxylic acids is 2. The van der Waals surface area contributed by atoms with Crippen LogP contribution in [0.5, 0.6) is 0 Å². The van der Waals surface area contributed by atoms with Crippen LogP contribution >= 0.6 is 0 Å². The number of fused-ring (bicyclic) bond motifs is 1. The number of carboxylic acid groups (broad SMARTS) is 1. The molecule has 184 valence electrons. The first-order chi connectivity index (χ1) is 16.3. The van der Waals surface area contributed by atoms with Gasteiger partial charge in [0.05, 0.1) is 30.9 Å². The molecule has 3 N–H and O–H groups in total. The summed E-state index contributed by atoms with van der Waals surface area (Å²) in [5, 5.41) is 19.4. The molecular formula is C22H28N4O8. The van der Waals surface area contributed by atoms with Gasteiger partial charge < -0.3 is 24.6 Å². The van der Waals surface area contributed by atoms with Crippen molar-refractivity contribution in [1.82, 2.24) is 15.1 Å². The number of aryl methyl sites for hydroxylation is 1. The molecule has 2 heterocycles. The highest BCUT2D eigenvalue weighted by molar-refractivity contribution is 5.99. The van der Waals surface area contributed by atoms with E-state index >= 15 is 0 Å². The van der Waals surface area contributed by atoms with Gasteiger partial charge in [-0.15, -0.1) is 0 Å². The van der Waals surface area contributed by atoms with Crippen molar-refractivity contribution >= 4 is 34.2 Å². The number of ether oxygens (including phenoxy) is 3. The number of imide groups is 1. The maximum atomic E-state index is 13.0. The Hall–Kier alpha value is -3.35. The lowest BCUT2D eigenvalue weighted by Crippen LogP contribution is -2.45. The molecule has 0 spiro atoms. The molecule has 1 aromatic heterocycles. The number of hydrogen-bond donors (Lipinski definition) is 3. The molecule has 2 amide bonds. The number of piperidine rings is 1. The van der Waals surface area contributed by atoms with Crippen molar-refractivity contribution in [3.63, 3.8) is 0 Å². The van der Waals surface area contributed by atoms with Gasteiger partial charge in [0.2, 0.25) is 5.91 Å².